The highest BCUT2D eigenvalue weighted by Gasteiger charge is 2.26. The van der Waals surface area contributed by atoms with Gasteiger partial charge in [0.25, 0.3) is 0 Å². The highest BCUT2D eigenvalue weighted by atomic mass is 16.8. The summed E-state index contributed by atoms with van der Waals surface area (Å²) in [7, 11) is 0. The number of ether oxygens (including phenoxy) is 4. The Kier molecular flexibility index (Phi) is 8.25. The van der Waals surface area contributed by atoms with Gasteiger partial charge in [-0.2, -0.15) is 0 Å². The van der Waals surface area contributed by atoms with Gasteiger partial charge in [-0.1, -0.05) is 76.2 Å². The molecular weight excluding hydrogens is 516 g/mol. The molecule has 0 aromatic heterocycles. The maximum absolute atomic E-state index is 10.5. The van der Waals surface area contributed by atoms with Gasteiger partial charge in [-0.3, -0.25) is 0 Å². The molecule has 0 bridgehead atoms. The molecule has 0 saturated carbocycles. The Morgan fingerprint density at radius 1 is 0.634 bits per heavy atom. The third-order valence-corrected chi connectivity index (χ3v) is 7.77. The van der Waals surface area contributed by atoms with E-state index < -0.39 is 6.10 Å². The molecule has 1 heterocycles. The van der Waals surface area contributed by atoms with Crippen LogP contribution in [0.25, 0.3) is 0 Å². The molecule has 2 unspecified atom stereocenters. The van der Waals surface area contributed by atoms with Crippen molar-refractivity contribution in [2.24, 2.45) is 0 Å². The Morgan fingerprint density at radius 3 is 1.34 bits per heavy atom. The van der Waals surface area contributed by atoms with E-state index in [9.17, 15) is 10.2 Å². The van der Waals surface area contributed by atoms with Gasteiger partial charge in [0.15, 0.2) is 0 Å². The van der Waals surface area contributed by atoms with Gasteiger partial charge in [0.2, 0.25) is 6.29 Å². The average molecular weight is 555 g/mol. The first-order chi connectivity index (χ1) is 19.6. The van der Waals surface area contributed by atoms with Crippen LogP contribution >= 0.6 is 0 Å². The molecule has 0 amide bonds. The van der Waals surface area contributed by atoms with Crippen molar-refractivity contribution in [2.75, 3.05) is 19.8 Å². The lowest BCUT2D eigenvalue weighted by molar-refractivity contribution is 0.0626. The zero-order valence-electron chi connectivity index (χ0n) is 24.0. The Morgan fingerprint density at radius 2 is 0.976 bits per heavy atom. The average Bonchev–Trinajstić information content (AvgIpc) is 3.80. The maximum Gasteiger partial charge on any atom is 0.223 e. The van der Waals surface area contributed by atoms with E-state index in [0.29, 0.717) is 18.1 Å². The second-order valence-corrected chi connectivity index (χ2v) is 11.5. The summed E-state index contributed by atoms with van der Waals surface area (Å²) in [4.78, 5) is 0. The highest BCUT2D eigenvalue weighted by Crippen LogP contribution is 2.35. The molecule has 6 heteroatoms. The van der Waals surface area contributed by atoms with Gasteiger partial charge in [-0.05, 0) is 70.8 Å². The van der Waals surface area contributed by atoms with Crippen molar-refractivity contribution in [1.29, 1.82) is 0 Å². The van der Waals surface area contributed by atoms with Crippen molar-refractivity contribution >= 4 is 0 Å². The summed E-state index contributed by atoms with van der Waals surface area (Å²) in [6.45, 7) is 9.56. The van der Waals surface area contributed by atoms with Gasteiger partial charge in [0, 0.05) is 10.8 Å². The van der Waals surface area contributed by atoms with Crippen molar-refractivity contribution in [3.05, 3.63) is 119 Å². The van der Waals surface area contributed by atoms with E-state index in [1.165, 1.54) is 5.56 Å². The highest BCUT2D eigenvalue weighted by molar-refractivity contribution is 5.43. The molecule has 214 valence electrons. The standard InChI is InChI=1S/C35H38O6/c1-34(2,24-5-13-28(36)14-6-24)25-7-15-30(16-8-25)38-21-29(37)22-39-31-17-9-26(10-18-31)35(3,4)27-11-19-32(20-12-27)41-33-23-40-33/h5-20,29,33,36-37H,21-23H2,1-4H3. The van der Waals surface area contributed by atoms with Crippen LogP contribution in [-0.2, 0) is 15.6 Å². The zero-order chi connectivity index (χ0) is 29.0. The fourth-order valence-corrected chi connectivity index (χ4v) is 4.79. The predicted molar refractivity (Wildman–Crippen MR) is 159 cm³/mol. The van der Waals surface area contributed by atoms with Crippen LogP contribution in [0.3, 0.4) is 0 Å². The molecule has 1 fully saturated rings. The minimum atomic E-state index is -0.777. The van der Waals surface area contributed by atoms with E-state index in [0.717, 1.165) is 22.4 Å². The van der Waals surface area contributed by atoms with Gasteiger partial charge in [0.1, 0.15) is 48.9 Å². The smallest absolute Gasteiger partial charge is 0.223 e. The van der Waals surface area contributed by atoms with E-state index in [-0.39, 0.29) is 36.1 Å². The summed E-state index contributed by atoms with van der Waals surface area (Å²) >= 11 is 0. The summed E-state index contributed by atoms with van der Waals surface area (Å²) in [5.41, 5.74) is 4.15. The quantitative estimate of drug-likeness (QED) is 0.192. The van der Waals surface area contributed by atoms with Crippen LogP contribution in [0, 0.1) is 0 Å². The van der Waals surface area contributed by atoms with Crippen LogP contribution in [0.1, 0.15) is 49.9 Å². The molecule has 1 aliphatic rings. The summed E-state index contributed by atoms with van der Waals surface area (Å²) in [6.07, 6.45) is -0.880. The molecule has 6 nitrogen and oxygen atoms in total. The first-order valence-electron chi connectivity index (χ1n) is 13.9. The number of benzene rings is 4. The molecule has 5 rings (SSSR count). The number of hydrogen-bond donors (Lipinski definition) is 2. The molecule has 4 aromatic rings. The molecule has 2 N–H and O–H groups in total. The molecule has 0 spiro atoms. The van der Waals surface area contributed by atoms with E-state index in [4.69, 9.17) is 18.9 Å². The van der Waals surface area contributed by atoms with Crippen molar-refractivity contribution in [3.8, 4) is 23.0 Å². The lowest BCUT2D eigenvalue weighted by Gasteiger charge is -2.26. The molecule has 2 atom stereocenters. The summed E-state index contributed by atoms with van der Waals surface area (Å²) < 4.78 is 22.4. The Hall–Kier alpha value is -4.00. The van der Waals surface area contributed by atoms with Crippen LogP contribution in [0.15, 0.2) is 97.1 Å². The summed E-state index contributed by atoms with van der Waals surface area (Å²) in [5, 5.41) is 20.0. The molecule has 0 radical (unpaired) electrons. The van der Waals surface area contributed by atoms with Crippen LogP contribution in [0.5, 0.6) is 23.0 Å². The number of phenolic OH excluding ortho intramolecular Hbond substituents is 1. The monoisotopic (exact) mass is 554 g/mol. The van der Waals surface area contributed by atoms with Gasteiger partial charge >= 0.3 is 0 Å². The molecule has 0 aliphatic carbocycles. The second-order valence-electron chi connectivity index (χ2n) is 11.5. The van der Waals surface area contributed by atoms with E-state index in [1.807, 2.05) is 60.7 Å². The molecular formula is C35H38O6. The van der Waals surface area contributed by atoms with Crippen molar-refractivity contribution in [2.45, 2.75) is 50.9 Å². The summed E-state index contributed by atoms with van der Waals surface area (Å²) in [5.74, 6) is 2.44. The van der Waals surface area contributed by atoms with Crippen LogP contribution in [0.4, 0.5) is 0 Å². The summed E-state index contributed by atoms with van der Waals surface area (Å²) in [6, 6.07) is 31.3. The minimum Gasteiger partial charge on any atom is -0.508 e. The van der Waals surface area contributed by atoms with Gasteiger partial charge < -0.3 is 29.2 Å². The predicted octanol–water partition coefficient (Wildman–Crippen LogP) is 6.60. The number of epoxide rings is 1. The molecule has 4 aromatic carbocycles. The number of rotatable bonds is 12. The van der Waals surface area contributed by atoms with Crippen molar-refractivity contribution in [3.63, 3.8) is 0 Å². The third kappa shape index (κ3) is 7.02. The number of phenols is 1. The number of hydrogen-bond acceptors (Lipinski definition) is 6. The lowest BCUT2D eigenvalue weighted by atomic mass is 9.78. The molecule has 41 heavy (non-hydrogen) atoms. The van der Waals surface area contributed by atoms with E-state index >= 15 is 0 Å². The number of aromatic hydroxyl groups is 1. The lowest BCUT2D eigenvalue weighted by Crippen LogP contribution is -2.25. The Labute approximate surface area is 242 Å². The fourth-order valence-electron chi connectivity index (χ4n) is 4.79. The number of aliphatic hydroxyl groups excluding tert-OH is 1. The third-order valence-electron chi connectivity index (χ3n) is 7.77. The van der Waals surface area contributed by atoms with Crippen molar-refractivity contribution < 1.29 is 29.2 Å². The zero-order valence-corrected chi connectivity index (χ0v) is 24.0. The molecule has 1 saturated heterocycles. The van der Waals surface area contributed by atoms with Crippen molar-refractivity contribution in [1.82, 2.24) is 0 Å². The molecule has 1 aliphatic heterocycles. The van der Waals surface area contributed by atoms with Crippen LogP contribution in [0.2, 0.25) is 0 Å². The normalized spacial score (nSPS) is 15.7. The second kappa shape index (κ2) is 11.9. The largest absolute Gasteiger partial charge is 0.508 e. The van der Waals surface area contributed by atoms with Gasteiger partial charge in [0.05, 0.1) is 0 Å². The van der Waals surface area contributed by atoms with Crippen LogP contribution in [-0.4, -0.2) is 42.4 Å². The topological polar surface area (TPSA) is 80.7 Å². The minimum absolute atomic E-state index is 0.103. The Balaban J connectivity index is 1.10. The van der Waals surface area contributed by atoms with E-state index in [1.54, 1.807) is 12.1 Å². The maximum atomic E-state index is 10.5. The van der Waals surface area contributed by atoms with Gasteiger partial charge in [-0.15, -0.1) is 0 Å². The first kappa shape index (κ1) is 28.5. The SMILES string of the molecule is CC(C)(c1ccc(O)cc1)c1ccc(OCC(O)COc2ccc(C(C)(C)c3ccc(OC4CO4)cc3)cc2)cc1. The van der Waals surface area contributed by atoms with Crippen LogP contribution < -0.4 is 14.2 Å². The first-order valence-corrected chi connectivity index (χ1v) is 13.9. The fraction of sp³-hybridized carbons (Fsp3) is 0.314. The number of aliphatic hydroxyl groups is 1. The van der Waals surface area contributed by atoms with E-state index in [2.05, 4.69) is 52.0 Å². The Bertz CT molecular complexity index is 1400. The van der Waals surface area contributed by atoms with Gasteiger partial charge in [-0.25, -0.2) is 0 Å².